The maximum absolute atomic E-state index is 13.4. The second kappa shape index (κ2) is 9.48. The standard InChI is InChI=1S/C23H24N4O7/c1-13(28)25-16-4-2-15(3-5-16)19-10-24-21(34-19)22(31)27(18(23(32)33)9-20(29)30)17-8-14-6-7-26(11-14)12-17/h2-5,9-10,14,17H,6-8,11-12H2,1H3,(H,25,28)(H,29,30)(H,32,33)/b18-9+/t14-,17-/m1/s1. The molecule has 2 amide bonds. The fraction of sp³-hybridized carbons (Fsp3) is 0.348. The molecule has 2 fully saturated rings. The topological polar surface area (TPSA) is 153 Å². The molecule has 2 aromatic rings. The number of carbonyl (C=O) groups is 4. The van der Waals surface area contributed by atoms with Gasteiger partial charge < -0.3 is 24.8 Å². The number of amides is 2. The Bertz CT molecular complexity index is 1140. The van der Waals surface area contributed by atoms with E-state index in [0.717, 1.165) is 24.4 Å². The van der Waals surface area contributed by atoms with Crippen molar-refractivity contribution in [3.8, 4) is 11.3 Å². The SMILES string of the molecule is CC(=O)Nc1ccc(-c2cnc(C(=O)N(/C(=C/C(=O)O)C(=O)O)[C@@H]3C[C@H]4CCN(C4)C3)o2)cc1. The Morgan fingerprint density at radius 3 is 2.53 bits per heavy atom. The lowest BCUT2D eigenvalue weighted by Crippen LogP contribution is -2.50. The van der Waals surface area contributed by atoms with Gasteiger partial charge in [0.25, 0.3) is 5.89 Å². The van der Waals surface area contributed by atoms with Crippen LogP contribution in [0.4, 0.5) is 5.69 Å². The minimum atomic E-state index is -1.52. The summed E-state index contributed by atoms with van der Waals surface area (Å²) in [5, 5.41) is 21.6. The maximum Gasteiger partial charge on any atom is 0.352 e. The van der Waals surface area contributed by atoms with Crippen LogP contribution in [0.15, 0.2) is 46.7 Å². The van der Waals surface area contributed by atoms with Gasteiger partial charge in [0.2, 0.25) is 5.91 Å². The van der Waals surface area contributed by atoms with Crippen molar-refractivity contribution in [2.24, 2.45) is 5.92 Å². The van der Waals surface area contributed by atoms with E-state index in [0.29, 0.717) is 36.2 Å². The van der Waals surface area contributed by atoms with Gasteiger partial charge in [0.15, 0.2) is 5.76 Å². The summed E-state index contributed by atoms with van der Waals surface area (Å²) in [5.74, 6) is -3.79. The van der Waals surface area contributed by atoms with Crippen molar-refractivity contribution in [2.45, 2.75) is 25.8 Å². The number of fused-ring (bicyclic) bond motifs is 2. The van der Waals surface area contributed by atoms with Crippen molar-refractivity contribution in [3.63, 3.8) is 0 Å². The second-order valence-corrected chi connectivity index (χ2v) is 8.44. The van der Waals surface area contributed by atoms with E-state index in [2.05, 4.69) is 15.2 Å². The van der Waals surface area contributed by atoms with Gasteiger partial charge in [-0.3, -0.25) is 14.5 Å². The van der Waals surface area contributed by atoms with Crippen LogP contribution in [0, 0.1) is 5.92 Å². The van der Waals surface area contributed by atoms with Gasteiger partial charge in [0.05, 0.1) is 18.3 Å². The molecule has 1 aromatic carbocycles. The van der Waals surface area contributed by atoms with E-state index in [1.165, 1.54) is 13.1 Å². The van der Waals surface area contributed by atoms with E-state index in [-0.39, 0.29) is 17.6 Å². The summed E-state index contributed by atoms with van der Waals surface area (Å²) in [4.78, 5) is 55.1. The molecule has 11 heteroatoms. The molecule has 0 saturated carbocycles. The second-order valence-electron chi connectivity index (χ2n) is 8.44. The van der Waals surface area contributed by atoms with Crippen LogP contribution in [-0.2, 0) is 14.4 Å². The average molecular weight is 468 g/mol. The predicted molar refractivity (Wildman–Crippen MR) is 119 cm³/mol. The first kappa shape index (κ1) is 23.2. The van der Waals surface area contributed by atoms with Gasteiger partial charge in [0, 0.05) is 31.3 Å². The summed E-state index contributed by atoms with van der Waals surface area (Å²) >= 11 is 0. The predicted octanol–water partition coefficient (Wildman–Crippen LogP) is 1.89. The monoisotopic (exact) mass is 468 g/mol. The minimum Gasteiger partial charge on any atom is -0.478 e. The molecular formula is C23H24N4O7. The van der Waals surface area contributed by atoms with Crippen molar-refractivity contribution >= 4 is 29.4 Å². The van der Waals surface area contributed by atoms with Crippen LogP contribution in [0.1, 0.15) is 30.5 Å². The van der Waals surface area contributed by atoms with Gasteiger partial charge in [-0.05, 0) is 49.6 Å². The van der Waals surface area contributed by atoms with Crippen LogP contribution in [-0.4, -0.2) is 74.4 Å². The van der Waals surface area contributed by atoms with Crippen LogP contribution < -0.4 is 5.32 Å². The number of hydrogen-bond donors (Lipinski definition) is 3. The summed E-state index contributed by atoms with van der Waals surface area (Å²) < 4.78 is 5.66. The number of nitrogens with one attached hydrogen (secondary N) is 1. The van der Waals surface area contributed by atoms with Gasteiger partial charge in [-0.1, -0.05) is 0 Å². The van der Waals surface area contributed by atoms with Crippen molar-refractivity contribution in [2.75, 3.05) is 25.0 Å². The Morgan fingerprint density at radius 2 is 1.91 bits per heavy atom. The summed E-state index contributed by atoms with van der Waals surface area (Å²) in [6, 6.07) is 6.16. The highest BCUT2D eigenvalue weighted by Gasteiger charge is 2.41. The zero-order valence-corrected chi connectivity index (χ0v) is 18.4. The number of nitrogens with zero attached hydrogens (tertiary/aromatic N) is 3. The molecule has 1 unspecified atom stereocenters. The Hall–Kier alpha value is -3.99. The summed E-state index contributed by atoms with van der Waals surface area (Å²) in [6.07, 6.45) is 3.37. The lowest BCUT2D eigenvalue weighted by Gasteiger charge is -2.37. The number of anilines is 1. The number of benzene rings is 1. The molecule has 11 nitrogen and oxygen atoms in total. The minimum absolute atomic E-state index is 0.212. The molecule has 34 heavy (non-hydrogen) atoms. The molecule has 3 heterocycles. The number of carboxylic acids is 2. The summed E-state index contributed by atoms with van der Waals surface area (Å²) in [7, 11) is 0. The van der Waals surface area contributed by atoms with E-state index in [9.17, 15) is 29.4 Å². The number of oxazole rings is 1. The number of hydrogen-bond acceptors (Lipinski definition) is 7. The lowest BCUT2D eigenvalue weighted by atomic mass is 9.95. The third-order valence-corrected chi connectivity index (χ3v) is 5.95. The normalized spacial score (nSPS) is 21.7. The molecule has 178 valence electrons. The number of rotatable bonds is 7. The first-order chi connectivity index (χ1) is 16.2. The number of aliphatic carboxylic acids is 2. The summed E-state index contributed by atoms with van der Waals surface area (Å²) in [5.41, 5.74) is 0.544. The van der Waals surface area contributed by atoms with Gasteiger partial charge in [-0.25, -0.2) is 14.6 Å². The van der Waals surface area contributed by atoms with Crippen LogP contribution in [0.2, 0.25) is 0 Å². The highest BCUT2D eigenvalue weighted by molar-refractivity contribution is 6.01. The molecule has 1 aromatic heterocycles. The van der Waals surface area contributed by atoms with Crippen LogP contribution >= 0.6 is 0 Å². The third kappa shape index (κ3) is 4.99. The molecule has 2 saturated heterocycles. The lowest BCUT2D eigenvalue weighted by molar-refractivity contribution is -0.136. The highest BCUT2D eigenvalue weighted by Crippen LogP contribution is 2.32. The largest absolute Gasteiger partial charge is 0.478 e. The first-order valence-corrected chi connectivity index (χ1v) is 10.8. The fourth-order valence-corrected chi connectivity index (χ4v) is 4.57. The van der Waals surface area contributed by atoms with E-state index in [4.69, 9.17) is 4.42 Å². The molecule has 0 spiro atoms. The van der Waals surface area contributed by atoms with Crippen molar-refractivity contribution < 1.29 is 33.8 Å². The number of carboxylic acid groups (broad SMARTS) is 2. The van der Waals surface area contributed by atoms with Crippen LogP contribution in [0.25, 0.3) is 11.3 Å². The molecule has 3 N–H and O–H groups in total. The fourth-order valence-electron chi connectivity index (χ4n) is 4.57. The quantitative estimate of drug-likeness (QED) is 0.517. The molecule has 2 bridgehead atoms. The number of piperidine rings is 1. The van der Waals surface area contributed by atoms with E-state index < -0.39 is 29.6 Å². The van der Waals surface area contributed by atoms with Gasteiger partial charge in [-0.2, -0.15) is 0 Å². The van der Waals surface area contributed by atoms with Crippen LogP contribution in [0.5, 0.6) is 0 Å². The van der Waals surface area contributed by atoms with Gasteiger partial charge >= 0.3 is 17.8 Å². The Balaban J connectivity index is 1.64. The molecule has 2 aliphatic heterocycles. The number of aromatic nitrogens is 1. The molecular weight excluding hydrogens is 444 g/mol. The van der Waals surface area contributed by atoms with E-state index in [1.807, 2.05) is 0 Å². The third-order valence-electron chi connectivity index (χ3n) is 5.95. The molecule has 0 radical (unpaired) electrons. The van der Waals surface area contributed by atoms with E-state index >= 15 is 0 Å². The van der Waals surface area contributed by atoms with Gasteiger partial charge in [0.1, 0.15) is 5.70 Å². The Labute approximate surface area is 194 Å². The average Bonchev–Trinajstić information content (AvgIpc) is 3.39. The molecule has 0 aliphatic carbocycles. The van der Waals surface area contributed by atoms with E-state index in [1.54, 1.807) is 24.3 Å². The van der Waals surface area contributed by atoms with Crippen LogP contribution in [0.3, 0.4) is 0 Å². The number of carbonyl (C=O) groups excluding carboxylic acids is 2. The zero-order valence-electron chi connectivity index (χ0n) is 18.4. The maximum atomic E-state index is 13.4. The van der Waals surface area contributed by atoms with Gasteiger partial charge in [-0.15, -0.1) is 0 Å². The van der Waals surface area contributed by atoms with Crippen molar-refractivity contribution in [1.82, 2.24) is 14.8 Å². The van der Waals surface area contributed by atoms with Crippen molar-refractivity contribution in [3.05, 3.63) is 48.1 Å². The highest BCUT2D eigenvalue weighted by atomic mass is 16.4. The first-order valence-electron chi connectivity index (χ1n) is 10.8. The molecule has 2 aliphatic rings. The Kier molecular flexibility index (Phi) is 6.46. The summed E-state index contributed by atoms with van der Waals surface area (Å²) in [6.45, 7) is 3.56. The molecule has 4 rings (SSSR count). The smallest absolute Gasteiger partial charge is 0.352 e. The van der Waals surface area contributed by atoms with Crippen molar-refractivity contribution in [1.29, 1.82) is 0 Å². The zero-order chi connectivity index (χ0) is 24.4. The molecule has 3 atom stereocenters. The Morgan fingerprint density at radius 1 is 1.18 bits per heavy atom.